The molecule has 7 heteroatoms. The van der Waals surface area contributed by atoms with Crippen LogP contribution < -0.4 is 15.2 Å². The van der Waals surface area contributed by atoms with Crippen molar-refractivity contribution in [2.45, 2.75) is 129 Å². The highest BCUT2D eigenvalue weighted by Gasteiger charge is 2.72. The van der Waals surface area contributed by atoms with Crippen LogP contribution in [0.3, 0.4) is 0 Å². The topological polar surface area (TPSA) is 55.8 Å². The van der Waals surface area contributed by atoms with Gasteiger partial charge in [-0.3, -0.25) is 4.79 Å². The number of hydrogen-bond acceptors (Lipinski definition) is 5. The largest absolute Gasteiger partial charge is 0.466 e. The number of ether oxygens (including phenoxy) is 2. The Morgan fingerprint density at radius 1 is 0.706 bits per heavy atom. The second-order valence-corrected chi connectivity index (χ2v) is 18.8. The minimum Gasteiger partial charge on any atom is -0.466 e. The van der Waals surface area contributed by atoms with Crippen LogP contribution in [0.5, 0.6) is 0 Å². The molecule has 3 aliphatic rings. The van der Waals surface area contributed by atoms with E-state index in [1.165, 1.54) is 23.2 Å². The predicted molar refractivity (Wildman–Crippen MR) is 216 cm³/mol. The molecule has 1 aliphatic heterocycles. The molecule has 6 rings (SSSR count). The molecule has 0 saturated heterocycles. The molecule has 0 bridgehead atoms. The van der Waals surface area contributed by atoms with Gasteiger partial charge >= 0.3 is 11.9 Å². The van der Waals surface area contributed by atoms with E-state index in [0.29, 0.717) is 5.29 Å². The highest BCUT2D eigenvalue weighted by Crippen LogP contribution is 2.72. The van der Waals surface area contributed by atoms with Crippen LogP contribution in [-0.2, 0) is 19.1 Å². The molecule has 2 fully saturated rings. The van der Waals surface area contributed by atoms with Crippen molar-refractivity contribution in [2.24, 2.45) is 5.92 Å². The maximum absolute atomic E-state index is 15.7. The molecule has 0 N–H and O–H groups in total. The number of esters is 2. The molecule has 2 saturated carbocycles. The third-order valence-corrected chi connectivity index (χ3v) is 16.4. The maximum atomic E-state index is 15.7. The molecule has 1 heterocycles. The zero-order valence-electron chi connectivity index (χ0n) is 31.9. The number of hydrogen-bond donors (Lipinski definition) is 0. The van der Waals surface area contributed by atoms with Gasteiger partial charge in [-0.25, -0.2) is 4.79 Å². The number of rotatable bonds is 11. The van der Waals surface area contributed by atoms with Gasteiger partial charge in [0.2, 0.25) is 0 Å². The van der Waals surface area contributed by atoms with Gasteiger partial charge in [-0.05, 0) is 72.0 Å². The first-order chi connectivity index (χ1) is 24.8. The molecule has 2 aliphatic carbocycles. The Bertz CT molecular complexity index is 1640. The van der Waals surface area contributed by atoms with Gasteiger partial charge in [0.15, 0.2) is 0 Å². The fourth-order valence-corrected chi connectivity index (χ4v) is 15.3. The highest BCUT2D eigenvalue weighted by molar-refractivity contribution is 7.95. The number of nitrogens with zero attached hydrogens (tertiary/aromatic N) is 1. The van der Waals surface area contributed by atoms with E-state index in [1.807, 2.05) is 13.8 Å². The molecule has 3 aromatic carbocycles. The number of carbonyl (C=O) groups is 2. The molecular weight excluding hydrogens is 648 g/mol. The molecule has 0 spiro atoms. The van der Waals surface area contributed by atoms with Crippen molar-refractivity contribution in [2.75, 3.05) is 17.8 Å². The number of carbonyl (C=O) groups excluding carboxylic acids is 2. The van der Waals surface area contributed by atoms with Gasteiger partial charge in [-0.2, -0.15) is 0 Å². The van der Waals surface area contributed by atoms with Gasteiger partial charge < -0.3 is 14.1 Å². The van der Waals surface area contributed by atoms with E-state index in [-0.39, 0.29) is 55.6 Å². The van der Waals surface area contributed by atoms with Crippen LogP contribution in [0.1, 0.15) is 129 Å². The molecule has 51 heavy (non-hydrogen) atoms. The van der Waals surface area contributed by atoms with Crippen LogP contribution in [-0.4, -0.2) is 37.3 Å². The number of anilines is 1. The summed E-state index contributed by atoms with van der Waals surface area (Å²) in [5.74, 6) is 0.0529. The lowest BCUT2D eigenvalue weighted by atomic mass is 9.29. The second kappa shape index (κ2) is 16.2. The van der Waals surface area contributed by atoms with Crippen molar-refractivity contribution in [3.05, 3.63) is 90.0 Å². The van der Waals surface area contributed by atoms with Gasteiger partial charge in [-0.1, -0.05) is 158 Å². The van der Waals surface area contributed by atoms with Crippen LogP contribution in [0.2, 0.25) is 11.1 Å². The Labute approximate surface area is 308 Å². The normalized spacial score (nSPS) is 21.4. The van der Waals surface area contributed by atoms with E-state index in [9.17, 15) is 0 Å². The Hall–Kier alpha value is -3.24. The fraction of sp³-hybridized carbons (Fsp3) is 0.523. The lowest BCUT2D eigenvalue weighted by molar-refractivity contribution is -0.148. The Kier molecular flexibility index (Phi) is 11.9. The van der Waals surface area contributed by atoms with Crippen molar-refractivity contribution in [1.29, 1.82) is 0 Å². The van der Waals surface area contributed by atoms with Crippen molar-refractivity contribution in [1.82, 2.24) is 0 Å². The molecule has 3 aromatic rings. The van der Waals surface area contributed by atoms with E-state index in [1.54, 1.807) is 0 Å². The van der Waals surface area contributed by atoms with Gasteiger partial charge in [0.1, 0.15) is 5.31 Å². The average Bonchev–Trinajstić information content (AvgIpc) is 3.45. The molecule has 1 atom stereocenters. The third-order valence-electron chi connectivity index (χ3n) is 12.0. The summed E-state index contributed by atoms with van der Waals surface area (Å²) in [6.07, 6.45) is 10.5. The van der Waals surface area contributed by atoms with Crippen LogP contribution in [0, 0.1) is 5.92 Å². The Morgan fingerprint density at radius 3 is 1.67 bits per heavy atom. The van der Waals surface area contributed by atoms with E-state index in [4.69, 9.17) is 9.47 Å². The summed E-state index contributed by atoms with van der Waals surface area (Å²) in [7, 11) is -3.13. The highest BCUT2D eigenvalue weighted by atomic mass is 31.2. The fourth-order valence-electron chi connectivity index (χ4n) is 10.1. The molecule has 0 aromatic heterocycles. The Morgan fingerprint density at radius 2 is 1.20 bits per heavy atom. The van der Waals surface area contributed by atoms with Gasteiger partial charge in [0.25, 0.3) is 6.85 Å². The van der Waals surface area contributed by atoms with Crippen molar-refractivity contribution in [3.63, 3.8) is 0 Å². The molecular formula is C44H59BNO4P. The molecule has 0 radical (unpaired) electrons. The zero-order valence-corrected chi connectivity index (χ0v) is 32.8. The van der Waals surface area contributed by atoms with Crippen LogP contribution >= 0.6 is 7.04 Å². The van der Waals surface area contributed by atoms with Gasteiger partial charge in [-0.15, -0.1) is 0 Å². The molecule has 5 nitrogen and oxygen atoms in total. The van der Waals surface area contributed by atoms with E-state index in [0.717, 1.165) is 68.4 Å². The van der Waals surface area contributed by atoms with Crippen molar-refractivity contribution < 1.29 is 19.1 Å². The SMILES string of the molecule is CCOC(=O)C1=P(c2ccccc2)(c2ccccc2)N(c2c(C(C)C)cccc2C(C)C)B(C2CCCCC2)[C@]1(C(=O)OCC)C1CCCCC1. The first-order valence-electron chi connectivity index (χ1n) is 19.9. The van der Waals surface area contributed by atoms with Crippen molar-refractivity contribution in [3.8, 4) is 0 Å². The summed E-state index contributed by atoms with van der Waals surface area (Å²) in [4.78, 5) is 31.3. The number of para-hydroxylation sites is 1. The van der Waals surface area contributed by atoms with E-state index in [2.05, 4.69) is 111 Å². The predicted octanol–water partition coefficient (Wildman–Crippen LogP) is 10.3. The second-order valence-electron chi connectivity index (χ2n) is 15.6. The molecule has 0 unspecified atom stereocenters. The summed E-state index contributed by atoms with van der Waals surface area (Å²) in [5, 5.41) is 1.68. The summed E-state index contributed by atoms with van der Waals surface area (Å²) in [6.45, 7) is 13.2. The summed E-state index contributed by atoms with van der Waals surface area (Å²) >= 11 is 0. The summed E-state index contributed by atoms with van der Waals surface area (Å²) < 4.78 is 15.4. The van der Waals surface area contributed by atoms with Crippen LogP contribution in [0.4, 0.5) is 5.69 Å². The monoisotopic (exact) mass is 707 g/mol. The molecule has 272 valence electrons. The van der Waals surface area contributed by atoms with E-state index >= 15 is 9.59 Å². The third kappa shape index (κ3) is 6.43. The minimum atomic E-state index is -3.13. The maximum Gasteiger partial charge on any atom is 0.336 e. The van der Waals surface area contributed by atoms with Gasteiger partial charge in [0.05, 0.1) is 18.5 Å². The average molecular weight is 708 g/mol. The first-order valence-corrected chi connectivity index (χ1v) is 21.6. The summed E-state index contributed by atoms with van der Waals surface area (Å²) in [6, 6.07) is 28.3. The molecule has 0 amide bonds. The first kappa shape index (κ1) is 37.5. The minimum absolute atomic E-state index is 0.0397. The lowest BCUT2D eigenvalue weighted by Gasteiger charge is -2.49. The van der Waals surface area contributed by atoms with Gasteiger partial charge in [0, 0.05) is 12.7 Å². The van der Waals surface area contributed by atoms with Crippen LogP contribution in [0.15, 0.2) is 78.9 Å². The smallest absolute Gasteiger partial charge is 0.336 e. The Balaban J connectivity index is 1.96. The standard InChI is InChI=1S/C44H59BNO4P/c1-7-49-42(47)41-44(43(48)50-8-2,34-22-13-9-14-23-34)45(35-24-15-10-16-25-35)46(40-38(32(3)4)30-21-31-39(40)33(5)6)51(41,36-26-17-11-18-27-36)37-28-19-12-20-29-37/h11-12,17-21,26-35H,7-10,13-16,22-25H2,1-6H3/t44-/m1/s1. The van der Waals surface area contributed by atoms with Crippen LogP contribution in [0.25, 0.3) is 0 Å². The quantitative estimate of drug-likeness (QED) is 0.113. The number of benzene rings is 3. The lowest BCUT2D eigenvalue weighted by Crippen LogP contribution is -2.57. The summed E-state index contributed by atoms with van der Waals surface area (Å²) in [5.41, 5.74) is 3.75. The zero-order chi connectivity index (χ0) is 36.2. The van der Waals surface area contributed by atoms with Crippen molar-refractivity contribution >= 4 is 47.4 Å². The van der Waals surface area contributed by atoms with E-state index < -0.39 is 12.4 Å².